The van der Waals surface area contributed by atoms with E-state index in [1.807, 2.05) is 27.2 Å². The van der Waals surface area contributed by atoms with Crippen molar-refractivity contribution in [2.75, 3.05) is 47.5 Å². The molecule has 15 heteroatoms. The lowest BCUT2D eigenvalue weighted by Crippen LogP contribution is -2.51. The molecule has 2 atom stereocenters. The van der Waals surface area contributed by atoms with Crippen LogP contribution in [0, 0.1) is 0 Å². The van der Waals surface area contributed by atoms with E-state index in [1.54, 1.807) is 12.1 Å². The van der Waals surface area contributed by atoms with Crippen molar-refractivity contribution in [1.82, 2.24) is 0 Å². The van der Waals surface area contributed by atoms with Crippen LogP contribution in [0.15, 0.2) is 18.2 Å². The highest BCUT2D eigenvalue weighted by atomic mass is 31.2. The van der Waals surface area contributed by atoms with Gasteiger partial charge in [0.2, 0.25) is 1.43 Å². The second kappa shape index (κ2) is 20.8. The molecule has 1 rings (SSSR count). The summed E-state index contributed by atoms with van der Waals surface area (Å²) in [7, 11) is -3.37. The van der Waals surface area contributed by atoms with Crippen LogP contribution in [0.5, 0.6) is 17.2 Å². The summed E-state index contributed by atoms with van der Waals surface area (Å²) in [5.74, 6) is 0.415. The molecule has 0 fully saturated rings. The van der Waals surface area contributed by atoms with Gasteiger partial charge in [-0.15, -0.1) is 0 Å². The molecule has 1 aromatic rings. The number of esters is 2. The Kier molecular flexibility index (Phi) is 18.5. The van der Waals surface area contributed by atoms with Crippen LogP contribution in [0.2, 0.25) is 33.2 Å². The van der Waals surface area contributed by atoms with Crippen LogP contribution in [0.4, 0.5) is 0 Å². The molecule has 0 saturated heterocycles. The molecule has 0 bridgehead atoms. The van der Waals surface area contributed by atoms with Crippen molar-refractivity contribution in [3.05, 3.63) is 18.2 Å². The minimum atomic E-state index is -4.38. The Morgan fingerprint density at radius 1 is 0.712 bits per heavy atom. The number of aliphatic hydroxyl groups excluding tert-OH is 1. The first-order valence-corrected chi connectivity index (χ1v) is 24.5. The molecule has 0 radical (unpaired) electrons. The standard InChI is InChI=1S/C37H70NO11PSi2/c1-26(2)51(27(3)4,28(5)6)48-34-21-33(22-35(23-34)49-52(29(7)8,30(9)10)31(11)12)47-37(41)18-16-17-36(40)44-24-32(39)25-46-50(42,43)45-20-19-38(13,14)15/h21-23,26-32,39H,16-20,24-25H2,1-15H3/p+1/t32-/m1/s1/i39D. The number of carbonyl (C=O) groups is 2. The van der Waals surface area contributed by atoms with Gasteiger partial charge in [0, 0.05) is 31.0 Å². The molecule has 0 aliphatic rings. The summed E-state index contributed by atoms with van der Waals surface area (Å²) >= 11 is 0. The summed E-state index contributed by atoms with van der Waals surface area (Å²) in [6, 6.07) is 5.48. The lowest BCUT2D eigenvalue weighted by molar-refractivity contribution is -0.870. The highest BCUT2D eigenvalue weighted by molar-refractivity contribution is 7.47. The fraction of sp³-hybridized carbons (Fsp3) is 0.784. The highest BCUT2D eigenvalue weighted by Gasteiger charge is 2.48. The molecular weight excluding hydrogens is 722 g/mol. The number of likely N-dealkylation sites (N-methyl/N-ethyl adjacent to an activating group) is 1. The number of nitrogens with zero attached hydrogens (tertiary/aromatic N) is 1. The Hall–Kier alpha value is -1.78. The van der Waals surface area contributed by atoms with Crippen LogP contribution >= 0.6 is 7.82 Å². The molecule has 0 aromatic heterocycles. The van der Waals surface area contributed by atoms with Gasteiger partial charge in [0.1, 0.15) is 43.1 Å². The molecule has 12 nitrogen and oxygen atoms in total. The Balaban J connectivity index is 3.05. The number of hydrogen-bond acceptors (Lipinski definition) is 10. The third-order valence-corrected chi connectivity index (χ3v) is 22.7. The minimum Gasteiger partial charge on any atom is -0.543 e. The normalized spacial score (nSPS) is 15.0. The molecule has 0 aliphatic heterocycles. The van der Waals surface area contributed by atoms with E-state index in [-0.39, 0.29) is 32.5 Å². The number of ether oxygens (including phenoxy) is 2. The second-order valence-corrected chi connectivity index (χ2v) is 28.9. The van der Waals surface area contributed by atoms with Crippen molar-refractivity contribution in [2.24, 2.45) is 0 Å². The van der Waals surface area contributed by atoms with Crippen molar-refractivity contribution < 1.29 is 56.0 Å². The first kappa shape index (κ1) is 46.4. The van der Waals surface area contributed by atoms with E-state index in [0.29, 0.717) is 61.5 Å². The van der Waals surface area contributed by atoms with Gasteiger partial charge in [0.05, 0.1) is 27.7 Å². The number of phosphoric ester groups is 1. The zero-order valence-corrected chi connectivity index (χ0v) is 37.5. The van der Waals surface area contributed by atoms with Crippen molar-refractivity contribution >= 4 is 36.4 Å². The van der Waals surface area contributed by atoms with Crippen molar-refractivity contribution in [1.29, 1.82) is 1.43 Å². The highest BCUT2D eigenvalue weighted by Crippen LogP contribution is 2.47. The van der Waals surface area contributed by atoms with Gasteiger partial charge in [0.15, 0.2) is 0 Å². The van der Waals surface area contributed by atoms with E-state index in [2.05, 4.69) is 88.2 Å². The minimum absolute atomic E-state index is 0.0114. The zero-order chi connectivity index (χ0) is 40.9. The number of phosphoric acid groups is 1. The van der Waals surface area contributed by atoms with E-state index >= 15 is 0 Å². The first-order chi connectivity index (χ1) is 24.3. The van der Waals surface area contributed by atoms with Gasteiger partial charge in [-0.05, 0) is 39.7 Å². The molecule has 0 heterocycles. The summed E-state index contributed by atoms with van der Waals surface area (Å²) < 4.78 is 54.8. The molecule has 1 aromatic carbocycles. The van der Waals surface area contributed by atoms with Crippen molar-refractivity contribution in [3.8, 4) is 17.2 Å². The average Bonchev–Trinajstić information content (AvgIpc) is 3.00. The SMILES string of the molecule is [2H]O[C@H](COC(=O)CCCC(=O)Oc1cc(O[Si](C(C)C)(C(C)C)C(C)C)cc(O[Si](C(C)C)(C(C)C)C(C)C)c1)COP(=O)(O)OCC[N+](C)(C)C. The van der Waals surface area contributed by atoms with E-state index in [0.717, 1.165) is 0 Å². The predicted molar refractivity (Wildman–Crippen MR) is 211 cm³/mol. The maximum absolute atomic E-state index is 13.1. The number of hydrogen-bond donors (Lipinski definition) is 2. The Bertz CT molecular complexity index is 1240. The lowest BCUT2D eigenvalue weighted by Gasteiger charge is -2.43. The van der Waals surface area contributed by atoms with Crippen LogP contribution in [-0.2, 0) is 27.9 Å². The van der Waals surface area contributed by atoms with Gasteiger partial charge >= 0.3 is 19.8 Å². The Labute approximate surface area is 317 Å². The van der Waals surface area contributed by atoms with Crippen LogP contribution in [-0.4, -0.2) is 98.1 Å². The summed E-state index contributed by atoms with van der Waals surface area (Å²) in [4.78, 5) is 35.4. The summed E-state index contributed by atoms with van der Waals surface area (Å²) in [6.07, 6.45) is -1.12. The quantitative estimate of drug-likeness (QED) is 0.0323. The summed E-state index contributed by atoms with van der Waals surface area (Å²) in [5, 5.41) is 4.49. The van der Waals surface area contributed by atoms with Gasteiger partial charge in [-0.1, -0.05) is 83.1 Å². The van der Waals surface area contributed by atoms with Gasteiger partial charge in [-0.2, -0.15) is 0 Å². The average molecular weight is 794 g/mol. The number of carbonyl (C=O) groups excluding carboxylic acids is 2. The van der Waals surface area contributed by atoms with Crippen molar-refractivity contribution in [3.63, 3.8) is 0 Å². The maximum Gasteiger partial charge on any atom is 0.472 e. The van der Waals surface area contributed by atoms with Crippen LogP contribution < -0.4 is 13.6 Å². The van der Waals surface area contributed by atoms with E-state index < -0.39 is 49.1 Å². The fourth-order valence-corrected chi connectivity index (χ4v) is 18.6. The van der Waals surface area contributed by atoms with E-state index in [9.17, 15) is 19.0 Å². The predicted octanol–water partition coefficient (Wildman–Crippen LogP) is 8.61. The topological polar surface area (TPSA) is 147 Å². The van der Waals surface area contributed by atoms with Gasteiger partial charge < -0.3 is 32.8 Å². The first-order valence-electron chi connectivity index (χ1n) is 19.2. The molecule has 1 unspecified atom stereocenters. The van der Waals surface area contributed by atoms with Gasteiger partial charge in [-0.25, -0.2) is 4.57 Å². The van der Waals surface area contributed by atoms with Crippen LogP contribution in [0.25, 0.3) is 0 Å². The van der Waals surface area contributed by atoms with Crippen LogP contribution in [0.3, 0.4) is 0 Å². The van der Waals surface area contributed by atoms with Crippen LogP contribution in [0.1, 0.15) is 102 Å². The molecule has 0 amide bonds. The second-order valence-electron chi connectivity index (χ2n) is 16.7. The summed E-state index contributed by atoms with van der Waals surface area (Å²) in [6.45, 7) is 26.2. The molecule has 2 N–H and O–H groups in total. The number of rotatable bonds is 25. The number of aliphatic hydroxyl groups is 1. The molecule has 0 saturated carbocycles. The Morgan fingerprint density at radius 2 is 1.13 bits per heavy atom. The van der Waals surface area contributed by atoms with Crippen molar-refractivity contribution in [2.45, 2.75) is 142 Å². The molecule has 52 heavy (non-hydrogen) atoms. The summed E-state index contributed by atoms with van der Waals surface area (Å²) in [5.41, 5.74) is 1.98. The fourth-order valence-electron chi connectivity index (χ4n) is 7.35. The molecule has 0 spiro atoms. The molecular formula is C37H71NO11PSi2+. The number of benzene rings is 1. The molecule has 302 valence electrons. The zero-order valence-electron chi connectivity index (χ0n) is 35.6. The smallest absolute Gasteiger partial charge is 0.472 e. The van der Waals surface area contributed by atoms with E-state index in [1.165, 1.54) is 0 Å². The monoisotopic (exact) mass is 793 g/mol. The third kappa shape index (κ3) is 14.8. The lowest BCUT2D eigenvalue weighted by atomic mass is 10.2. The van der Waals surface area contributed by atoms with Gasteiger partial charge in [0.25, 0.3) is 16.6 Å². The molecule has 0 aliphatic carbocycles. The maximum atomic E-state index is 13.1. The number of quaternary nitrogens is 1. The van der Waals surface area contributed by atoms with E-state index in [4.69, 9.17) is 28.8 Å². The van der Waals surface area contributed by atoms with Gasteiger partial charge in [-0.3, -0.25) is 18.6 Å². The third-order valence-electron chi connectivity index (χ3n) is 9.72. The Morgan fingerprint density at radius 3 is 1.54 bits per heavy atom. The largest absolute Gasteiger partial charge is 0.543 e.